The summed E-state index contributed by atoms with van der Waals surface area (Å²) < 4.78 is 5.99. The molecule has 1 aromatic rings. The molecule has 0 unspecified atom stereocenters. The molecule has 2 bridgehead atoms. The summed E-state index contributed by atoms with van der Waals surface area (Å²) in [6, 6.07) is 4.09. The molecule has 2 fully saturated rings. The molecule has 5 nitrogen and oxygen atoms in total. The normalized spacial score (nSPS) is 28.0. The number of nitrogens with one attached hydrogen (secondary N) is 1. The van der Waals surface area contributed by atoms with E-state index >= 15 is 0 Å². The summed E-state index contributed by atoms with van der Waals surface area (Å²) in [7, 11) is 0. The van der Waals surface area contributed by atoms with Gasteiger partial charge in [0.15, 0.2) is 0 Å². The van der Waals surface area contributed by atoms with E-state index in [0.717, 1.165) is 32.6 Å². The van der Waals surface area contributed by atoms with Gasteiger partial charge in [-0.1, -0.05) is 13.8 Å². The van der Waals surface area contributed by atoms with Gasteiger partial charge < -0.3 is 10.1 Å². The molecule has 1 amide bonds. The van der Waals surface area contributed by atoms with Crippen molar-refractivity contribution >= 4 is 5.91 Å². The molecule has 120 valence electrons. The molecule has 0 radical (unpaired) electrons. The van der Waals surface area contributed by atoms with Gasteiger partial charge in [-0.05, 0) is 30.0 Å². The first kappa shape index (κ1) is 15.4. The molecule has 1 N–H and O–H groups in total. The highest BCUT2D eigenvalue weighted by Gasteiger charge is 2.44. The standard InChI is InChI=1S/C17H25N3O2/c1-12(2)8-19-17(21)15-7-14-10-20(11-16(15)22-14)9-13-3-5-18-6-4-13/h3-6,12,14-16H,7-11H2,1-2H3,(H,19,21)/t14-,15+,16+/m0/s1. The zero-order chi connectivity index (χ0) is 15.5. The van der Waals surface area contributed by atoms with E-state index in [0.29, 0.717) is 5.92 Å². The molecular weight excluding hydrogens is 278 g/mol. The van der Waals surface area contributed by atoms with Crippen LogP contribution in [-0.4, -0.2) is 47.6 Å². The fourth-order valence-electron chi connectivity index (χ4n) is 3.32. The Morgan fingerprint density at radius 3 is 2.91 bits per heavy atom. The van der Waals surface area contributed by atoms with E-state index in [-0.39, 0.29) is 24.0 Å². The molecule has 2 aliphatic heterocycles. The predicted octanol–water partition coefficient (Wildman–Crippen LogP) is 1.44. The third-order valence-electron chi connectivity index (χ3n) is 4.41. The van der Waals surface area contributed by atoms with Crippen molar-refractivity contribution in [2.24, 2.45) is 11.8 Å². The van der Waals surface area contributed by atoms with Crippen molar-refractivity contribution in [2.45, 2.75) is 39.0 Å². The molecular formula is C17H25N3O2. The highest BCUT2D eigenvalue weighted by Crippen LogP contribution is 2.32. The minimum atomic E-state index is 0.00573. The van der Waals surface area contributed by atoms with Crippen LogP contribution in [0, 0.1) is 11.8 Å². The van der Waals surface area contributed by atoms with Crippen LogP contribution in [0.2, 0.25) is 0 Å². The first-order valence-electron chi connectivity index (χ1n) is 8.16. The van der Waals surface area contributed by atoms with Crippen molar-refractivity contribution in [1.29, 1.82) is 0 Å². The molecule has 0 spiro atoms. The molecule has 2 saturated heterocycles. The van der Waals surface area contributed by atoms with E-state index in [9.17, 15) is 4.79 Å². The monoisotopic (exact) mass is 303 g/mol. The quantitative estimate of drug-likeness (QED) is 0.894. The van der Waals surface area contributed by atoms with Crippen LogP contribution in [-0.2, 0) is 16.1 Å². The van der Waals surface area contributed by atoms with Crippen molar-refractivity contribution in [3.63, 3.8) is 0 Å². The Hall–Kier alpha value is -1.46. The summed E-state index contributed by atoms with van der Waals surface area (Å²) in [4.78, 5) is 18.8. The number of likely N-dealkylation sites (tertiary alicyclic amines) is 1. The lowest BCUT2D eigenvalue weighted by Crippen LogP contribution is -2.45. The summed E-state index contributed by atoms with van der Waals surface area (Å²) in [6.07, 6.45) is 4.73. The molecule has 22 heavy (non-hydrogen) atoms. The third-order valence-corrected chi connectivity index (χ3v) is 4.41. The molecule has 5 heteroatoms. The SMILES string of the molecule is CC(C)CNC(=O)[C@@H]1C[C@H]2CN(Cc3ccncc3)C[C@H]1O2. The second kappa shape index (κ2) is 6.75. The van der Waals surface area contributed by atoms with Crippen LogP contribution in [0.1, 0.15) is 25.8 Å². The minimum absolute atomic E-state index is 0.00573. The van der Waals surface area contributed by atoms with Gasteiger partial charge in [0, 0.05) is 38.6 Å². The smallest absolute Gasteiger partial charge is 0.225 e. The van der Waals surface area contributed by atoms with Gasteiger partial charge in [0.25, 0.3) is 0 Å². The number of morpholine rings is 1. The highest BCUT2D eigenvalue weighted by molar-refractivity contribution is 5.79. The van der Waals surface area contributed by atoms with Gasteiger partial charge in [0.05, 0.1) is 18.1 Å². The number of amides is 1. The fraction of sp³-hybridized carbons (Fsp3) is 0.647. The molecule has 3 atom stereocenters. The summed E-state index contributed by atoms with van der Waals surface area (Å²) in [5.74, 6) is 0.645. The number of hydrogen-bond donors (Lipinski definition) is 1. The van der Waals surface area contributed by atoms with Gasteiger partial charge in [-0.15, -0.1) is 0 Å². The number of fused-ring (bicyclic) bond motifs is 2. The zero-order valence-corrected chi connectivity index (χ0v) is 13.4. The average molecular weight is 303 g/mol. The molecule has 0 aromatic carbocycles. The Balaban J connectivity index is 1.56. The van der Waals surface area contributed by atoms with E-state index in [1.165, 1.54) is 5.56 Å². The Bertz CT molecular complexity index is 506. The van der Waals surface area contributed by atoms with Gasteiger partial charge in [-0.3, -0.25) is 14.7 Å². The van der Waals surface area contributed by atoms with Crippen molar-refractivity contribution in [3.05, 3.63) is 30.1 Å². The predicted molar refractivity (Wildman–Crippen MR) is 84.1 cm³/mol. The number of nitrogens with zero attached hydrogens (tertiary/aromatic N) is 2. The van der Waals surface area contributed by atoms with Gasteiger partial charge in [0.1, 0.15) is 0 Å². The van der Waals surface area contributed by atoms with Crippen LogP contribution in [0.5, 0.6) is 0 Å². The fourth-order valence-corrected chi connectivity index (χ4v) is 3.32. The molecule has 1 aromatic heterocycles. The largest absolute Gasteiger partial charge is 0.371 e. The van der Waals surface area contributed by atoms with Crippen LogP contribution in [0.4, 0.5) is 0 Å². The summed E-state index contributed by atoms with van der Waals surface area (Å²) in [5, 5.41) is 3.06. The summed E-state index contributed by atoms with van der Waals surface area (Å²) in [5.41, 5.74) is 1.26. The maximum absolute atomic E-state index is 12.3. The van der Waals surface area contributed by atoms with Crippen molar-refractivity contribution in [2.75, 3.05) is 19.6 Å². The van der Waals surface area contributed by atoms with Crippen LogP contribution in [0.15, 0.2) is 24.5 Å². The number of rotatable bonds is 5. The summed E-state index contributed by atoms with van der Waals surface area (Å²) in [6.45, 7) is 7.61. The van der Waals surface area contributed by atoms with E-state index < -0.39 is 0 Å². The molecule has 0 saturated carbocycles. The first-order valence-corrected chi connectivity index (χ1v) is 8.16. The van der Waals surface area contributed by atoms with Gasteiger partial charge in [-0.2, -0.15) is 0 Å². The van der Waals surface area contributed by atoms with E-state index in [2.05, 4.69) is 29.0 Å². The topological polar surface area (TPSA) is 54.5 Å². The average Bonchev–Trinajstić information content (AvgIpc) is 2.80. The second-order valence-electron chi connectivity index (χ2n) is 6.83. The highest BCUT2D eigenvalue weighted by atomic mass is 16.5. The van der Waals surface area contributed by atoms with Crippen LogP contribution >= 0.6 is 0 Å². The van der Waals surface area contributed by atoms with Crippen molar-refractivity contribution in [1.82, 2.24) is 15.2 Å². The lowest BCUT2D eigenvalue weighted by molar-refractivity contribution is -0.128. The van der Waals surface area contributed by atoms with Crippen molar-refractivity contribution in [3.8, 4) is 0 Å². The van der Waals surface area contributed by atoms with Crippen LogP contribution < -0.4 is 5.32 Å². The molecule has 2 aliphatic rings. The lowest BCUT2D eigenvalue weighted by atomic mass is 9.99. The number of ether oxygens (including phenoxy) is 1. The van der Waals surface area contributed by atoms with Gasteiger partial charge in [-0.25, -0.2) is 0 Å². The Labute approximate surface area is 132 Å². The summed E-state index contributed by atoms with van der Waals surface area (Å²) >= 11 is 0. The van der Waals surface area contributed by atoms with E-state index in [1.54, 1.807) is 0 Å². The van der Waals surface area contributed by atoms with E-state index in [4.69, 9.17) is 4.74 Å². The molecule has 3 rings (SSSR count). The first-order chi connectivity index (χ1) is 10.6. The third kappa shape index (κ3) is 3.65. The Kier molecular flexibility index (Phi) is 4.74. The van der Waals surface area contributed by atoms with Crippen molar-refractivity contribution < 1.29 is 9.53 Å². The molecule has 0 aliphatic carbocycles. The molecule has 3 heterocycles. The minimum Gasteiger partial charge on any atom is -0.371 e. The number of carbonyl (C=O) groups excluding carboxylic acids is 1. The Morgan fingerprint density at radius 1 is 1.41 bits per heavy atom. The lowest BCUT2D eigenvalue weighted by Gasteiger charge is -2.32. The van der Waals surface area contributed by atoms with Gasteiger partial charge >= 0.3 is 0 Å². The van der Waals surface area contributed by atoms with E-state index in [1.807, 2.05) is 24.5 Å². The number of aromatic nitrogens is 1. The van der Waals surface area contributed by atoms with Gasteiger partial charge in [0.2, 0.25) is 5.91 Å². The van der Waals surface area contributed by atoms with Crippen LogP contribution in [0.3, 0.4) is 0 Å². The number of carbonyl (C=O) groups is 1. The maximum Gasteiger partial charge on any atom is 0.225 e. The Morgan fingerprint density at radius 2 is 2.18 bits per heavy atom. The zero-order valence-electron chi connectivity index (χ0n) is 13.4. The van der Waals surface area contributed by atoms with Crippen LogP contribution in [0.25, 0.3) is 0 Å². The maximum atomic E-state index is 12.3. The second-order valence-corrected chi connectivity index (χ2v) is 6.83. The number of hydrogen-bond acceptors (Lipinski definition) is 4. The number of pyridine rings is 1.